The molecule has 0 unspecified atom stereocenters. The van der Waals surface area contributed by atoms with E-state index in [-0.39, 0.29) is 5.69 Å². The third kappa shape index (κ3) is 3.31. The Hall–Kier alpha value is -2.77. The first kappa shape index (κ1) is 17.6. The number of pyridine rings is 1. The number of carbonyl (C=O) groups excluding carboxylic acids is 1. The summed E-state index contributed by atoms with van der Waals surface area (Å²) in [7, 11) is 0. The molecular weight excluding hydrogens is 349 g/mol. The van der Waals surface area contributed by atoms with Gasteiger partial charge in [0.1, 0.15) is 11.3 Å². The molecule has 0 atom stereocenters. The Bertz CT molecular complexity index is 1010. The van der Waals surface area contributed by atoms with Gasteiger partial charge in [0, 0.05) is 24.0 Å². The standard InChI is InChI=1S/C20H20FN3O3/c1-12-8-13(9-14-10-15(11-22)27-19(12)14)17-3-2-16(21)18(23-17)20(25)24-4-6-26-7-5-24/h2-3,8-10H,4-7,11,22H2,1H3. The summed E-state index contributed by atoms with van der Waals surface area (Å²) in [6.45, 7) is 4.02. The second-order valence-electron chi connectivity index (χ2n) is 6.56. The Morgan fingerprint density at radius 3 is 2.78 bits per heavy atom. The van der Waals surface area contributed by atoms with E-state index in [9.17, 15) is 9.18 Å². The number of nitrogens with zero attached hydrogens (tertiary/aromatic N) is 2. The number of hydrogen-bond acceptors (Lipinski definition) is 5. The van der Waals surface area contributed by atoms with E-state index >= 15 is 0 Å². The second kappa shape index (κ2) is 7.09. The third-order valence-electron chi connectivity index (χ3n) is 4.70. The van der Waals surface area contributed by atoms with Gasteiger partial charge in [0.15, 0.2) is 11.5 Å². The summed E-state index contributed by atoms with van der Waals surface area (Å²) in [5.74, 6) is -0.341. The fourth-order valence-electron chi connectivity index (χ4n) is 3.30. The number of amides is 1. The lowest BCUT2D eigenvalue weighted by Crippen LogP contribution is -2.41. The van der Waals surface area contributed by atoms with Gasteiger partial charge in [-0.15, -0.1) is 0 Å². The minimum atomic E-state index is -0.623. The molecule has 3 aromatic rings. The number of hydrogen-bond donors (Lipinski definition) is 1. The smallest absolute Gasteiger partial charge is 0.275 e. The fourth-order valence-corrected chi connectivity index (χ4v) is 3.30. The molecule has 0 bridgehead atoms. The van der Waals surface area contributed by atoms with Gasteiger partial charge in [0.25, 0.3) is 5.91 Å². The van der Waals surface area contributed by atoms with Crippen LogP contribution < -0.4 is 5.73 Å². The molecule has 0 saturated carbocycles. The second-order valence-corrected chi connectivity index (χ2v) is 6.56. The number of carbonyl (C=O) groups is 1. The Kier molecular flexibility index (Phi) is 4.63. The molecule has 4 rings (SSSR count). The molecule has 1 aliphatic heterocycles. The van der Waals surface area contributed by atoms with Crippen LogP contribution in [0.1, 0.15) is 21.8 Å². The van der Waals surface area contributed by atoms with Crippen LogP contribution in [-0.4, -0.2) is 42.1 Å². The minimum absolute atomic E-state index is 0.165. The summed E-state index contributed by atoms with van der Waals surface area (Å²) in [5, 5.41) is 0.901. The molecule has 140 valence electrons. The molecule has 7 heteroatoms. The van der Waals surface area contributed by atoms with E-state index in [2.05, 4.69) is 4.98 Å². The van der Waals surface area contributed by atoms with Crippen molar-refractivity contribution in [3.63, 3.8) is 0 Å². The van der Waals surface area contributed by atoms with Gasteiger partial charge < -0.3 is 19.8 Å². The fraction of sp³-hybridized carbons (Fsp3) is 0.300. The van der Waals surface area contributed by atoms with Gasteiger partial charge in [-0.25, -0.2) is 9.37 Å². The molecule has 1 aromatic carbocycles. The van der Waals surface area contributed by atoms with Crippen LogP contribution in [0.25, 0.3) is 22.2 Å². The quantitative estimate of drug-likeness (QED) is 0.768. The van der Waals surface area contributed by atoms with Crippen LogP contribution in [0.2, 0.25) is 0 Å². The van der Waals surface area contributed by atoms with Crippen molar-refractivity contribution in [1.29, 1.82) is 0 Å². The van der Waals surface area contributed by atoms with Crippen LogP contribution >= 0.6 is 0 Å². The number of halogens is 1. The van der Waals surface area contributed by atoms with Gasteiger partial charge in [-0.1, -0.05) is 0 Å². The van der Waals surface area contributed by atoms with E-state index in [0.717, 1.165) is 22.1 Å². The molecule has 3 heterocycles. The molecule has 2 N–H and O–H groups in total. The predicted octanol–water partition coefficient (Wildman–Crippen LogP) is 2.87. The normalized spacial score (nSPS) is 14.7. The van der Waals surface area contributed by atoms with Crippen molar-refractivity contribution in [3.8, 4) is 11.3 Å². The van der Waals surface area contributed by atoms with Gasteiger partial charge in [-0.2, -0.15) is 0 Å². The number of morpholine rings is 1. The van der Waals surface area contributed by atoms with Crippen LogP contribution in [0.3, 0.4) is 0 Å². The number of ether oxygens (including phenoxy) is 1. The summed E-state index contributed by atoms with van der Waals surface area (Å²) >= 11 is 0. The molecule has 1 aliphatic rings. The van der Waals surface area contributed by atoms with E-state index in [1.807, 2.05) is 25.1 Å². The summed E-state index contributed by atoms with van der Waals surface area (Å²) < 4.78 is 25.3. The van der Waals surface area contributed by atoms with Crippen LogP contribution in [0, 0.1) is 12.7 Å². The van der Waals surface area contributed by atoms with Crippen molar-refractivity contribution in [2.45, 2.75) is 13.5 Å². The predicted molar refractivity (Wildman–Crippen MR) is 98.8 cm³/mol. The molecule has 0 radical (unpaired) electrons. The zero-order valence-electron chi connectivity index (χ0n) is 15.0. The molecule has 1 amide bonds. The van der Waals surface area contributed by atoms with E-state index in [1.165, 1.54) is 6.07 Å². The van der Waals surface area contributed by atoms with Crippen molar-refractivity contribution in [3.05, 3.63) is 53.2 Å². The first-order valence-electron chi connectivity index (χ1n) is 8.84. The Balaban J connectivity index is 1.74. The highest BCUT2D eigenvalue weighted by molar-refractivity contribution is 5.93. The third-order valence-corrected chi connectivity index (χ3v) is 4.70. The summed E-state index contributed by atoms with van der Waals surface area (Å²) in [5.41, 5.74) is 8.51. The highest BCUT2D eigenvalue weighted by Gasteiger charge is 2.23. The number of aryl methyl sites for hydroxylation is 1. The van der Waals surface area contributed by atoms with Gasteiger partial charge >= 0.3 is 0 Å². The van der Waals surface area contributed by atoms with E-state index < -0.39 is 11.7 Å². The summed E-state index contributed by atoms with van der Waals surface area (Å²) in [4.78, 5) is 18.6. The Morgan fingerprint density at radius 1 is 1.26 bits per heavy atom. The number of rotatable bonds is 3. The van der Waals surface area contributed by atoms with Crippen molar-refractivity contribution in [2.24, 2.45) is 5.73 Å². The number of nitrogens with two attached hydrogens (primary N) is 1. The van der Waals surface area contributed by atoms with Crippen molar-refractivity contribution >= 4 is 16.9 Å². The van der Waals surface area contributed by atoms with Gasteiger partial charge in [0.05, 0.1) is 25.5 Å². The average Bonchev–Trinajstić information content (AvgIpc) is 3.12. The molecule has 1 fully saturated rings. The number of furan rings is 1. The first-order valence-corrected chi connectivity index (χ1v) is 8.84. The monoisotopic (exact) mass is 369 g/mol. The summed E-state index contributed by atoms with van der Waals surface area (Å²) in [6.07, 6.45) is 0. The van der Waals surface area contributed by atoms with E-state index in [0.29, 0.717) is 44.3 Å². The Labute approximate surface area is 155 Å². The van der Waals surface area contributed by atoms with Crippen LogP contribution in [0.4, 0.5) is 4.39 Å². The number of fused-ring (bicyclic) bond motifs is 1. The summed E-state index contributed by atoms with van der Waals surface area (Å²) in [6, 6.07) is 8.57. The Morgan fingerprint density at radius 2 is 2.04 bits per heavy atom. The molecule has 27 heavy (non-hydrogen) atoms. The molecular formula is C20H20FN3O3. The number of benzene rings is 1. The van der Waals surface area contributed by atoms with Gasteiger partial charge in [-0.3, -0.25) is 4.79 Å². The van der Waals surface area contributed by atoms with E-state index in [1.54, 1.807) is 11.0 Å². The molecule has 0 aliphatic carbocycles. The topological polar surface area (TPSA) is 81.6 Å². The van der Waals surface area contributed by atoms with Gasteiger partial charge in [-0.05, 0) is 42.8 Å². The van der Waals surface area contributed by atoms with Crippen LogP contribution in [0.5, 0.6) is 0 Å². The molecule has 0 spiro atoms. The average molecular weight is 369 g/mol. The zero-order chi connectivity index (χ0) is 19.0. The highest BCUT2D eigenvalue weighted by atomic mass is 19.1. The zero-order valence-corrected chi connectivity index (χ0v) is 15.0. The van der Waals surface area contributed by atoms with Crippen molar-refractivity contribution in [1.82, 2.24) is 9.88 Å². The molecule has 1 saturated heterocycles. The lowest BCUT2D eigenvalue weighted by molar-refractivity contribution is 0.0296. The van der Waals surface area contributed by atoms with Gasteiger partial charge in [0.2, 0.25) is 0 Å². The minimum Gasteiger partial charge on any atom is -0.459 e. The lowest BCUT2D eigenvalue weighted by Gasteiger charge is -2.26. The van der Waals surface area contributed by atoms with Crippen molar-refractivity contribution in [2.75, 3.05) is 26.3 Å². The van der Waals surface area contributed by atoms with Crippen LogP contribution in [-0.2, 0) is 11.3 Å². The maximum Gasteiger partial charge on any atom is 0.275 e. The van der Waals surface area contributed by atoms with E-state index in [4.69, 9.17) is 14.9 Å². The SMILES string of the molecule is Cc1cc(-c2ccc(F)c(C(=O)N3CCOCC3)n2)cc2cc(CN)oc12. The number of aromatic nitrogens is 1. The van der Waals surface area contributed by atoms with Crippen LogP contribution in [0.15, 0.2) is 34.7 Å². The molecule has 2 aromatic heterocycles. The first-order chi connectivity index (χ1) is 13.1. The van der Waals surface area contributed by atoms with Crippen molar-refractivity contribution < 1.29 is 18.3 Å². The highest BCUT2D eigenvalue weighted by Crippen LogP contribution is 2.29. The maximum absolute atomic E-state index is 14.3. The largest absolute Gasteiger partial charge is 0.459 e. The maximum atomic E-state index is 14.3. The molecule has 6 nitrogen and oxygen atoms in total. The lowest BCUT2D eigenvalue weighted by atomic mass is 10.0.